The van der Waals surface area contributed by atoms with Gasteiger partial charge in [-0.05, 0) is 59.6 Å². The Morgan fingerprint density at radius 1 is 1.09 bits per heavy atom. The number of amides is 2. The van der Waals surface area contributed by atoms with E-state index in [4.69, 9.17) is 4.99 Å². The molecule has 0 saturated carbocycles. The number of carbonyl (C=O) groups is 2. The van der Waals surface area contributed by atoms with Crippen molar-refractivity contribution in [2.75, 3.05) is 24.3 Å². The molecular weight excluding hydrogens is 435 g/mol. The third-order valence-corrected chi connectivity index (χ3v) is 5.50. The minimum atomic E-state index is -0.712. The highest BCUT2D eigenvalue weighted by molar-refractivity contribution is 6.24. The summed E-state index contributed by atoms with van der Waals surface area (Å²) in [4.78, 5) is 29.3. The monoisotopic (exact) mass is 460 g/mol. The van der Waals surface area contributed by atoms with E-state index >= 15 is 0 Å². The van der Waals surface area contributed by atoms with Crippen molar-refractivity contribution < 1.29 is 18.7 Å². The minimum absolute atomic E-state index is 0.278. The molecule has 1 atom stereocenters. The summed E-state index contributed by atoms with van der Waals surface area (Å²) < 4.78 is 18.4. The highest BCUT2D eigenvalue weighted by atomic mass is 19.1. The van der Waals surface area contributed by atoms with Crippen LogP contribution in [0.15, 0.2) is 71.7 Å². The number of methoxy groups -OCH3 is 1. The Bertz CT molecular complexity index is 1220. The van der Waals surface area contributed by atoms with Crippen LogP contribution in [-0.2, 0) is 16.1 Å². The van der Waals surface area contributed by atoms with Crippen molar-refractivity contribution in [3.05, 3.63) is 89.2 Å². The summed E-state index contributed by atoms with van der Waals surface area (Å²) in [7, 11) is 1.29. The molecule has 0 fully saturated rings. The fraction of sp³-hybridized carbons (Fsp3) is 0.192. The topological polar surface area (TPSA) is 91.8 Å². The first-order valence-corrected chi connectivity index (χ1v) is 10.9. The zero-order valence-electron chi connectivity index (χ0n) is 18.9. The van der Waals surface area contributed by atoms with E-state index in [2.05, 4.69) is 20.7 Å². The van der Waals surface area contributed by atoms with Gasteiger partial charge < -0.3 is 15.4 Å². The summed E-state index contributed by atoms with van der Waals surface area (Å²) in [5.41, 5.74) is 4.67. The van der Waals surface area contributed by atoms with Crippen molar-refractivity contribution in [3.63, 3.8) is 0 Å². The summed E-state index contributed by atoms with van der Waals surface area (Å²) in [6.45, 7) is 3.68. The van der Waals surface area contributed by atoms with E-state index in [0.717, 1.165) is 18.7 Å². The van der Waals surface area contributed by atoms with Gasteiger partial charge >= 0.3 is 6.09 Å². The van der Waals surface area contributed by atoms with Gasteiger partial charge in [0.05, 0.1) is 18.5 Å². The predicted octanol–water partition coefficient (Wildman–Crippen LogP) is 4.97. The second-order valence-corrected chi connectivity index (χ2v) is 7.79. The van der Waals surface area contributed by atoms with Gasteiger partial charge in [-0.25, -0.2) is 9.18 Å². The van der Waals surface area contributed by atoms with Crippen molar-refractivity contribution in [2.24, 2.45) is 4.99 Å². The smallest absolute Gasteiger partial charge is 0.411 e. The van der Waals surface area contributed by atoms with Gasteiger partial charge in [0.25, 0.3) is 0 Å². The normalized spacial score (nSPS) is 15.0. The number of halogens is 1. The molecule has 0 bridgehead atoms. The Morgan fingerprint density at radius 3 is 2.50 bits per heavy atom. The summed E-state index contributed by atoms with van der Waals surface area (Å²) >= 11 is 0. The van der Waals surface area contributed by atoms with E-state index in [-0.39, 0.29) is 5.91 Å². The van der Waals surface area contributed by atoms with Crippen LogP contribution in [0.1, 0.15) is 29.5 Å². The molecule has 0 aliphatic carbocycles. The Morgan fingerprint density at radius 2 is 1.82 bits per heavy atom. The van der Waals surface area contributed by atoms with Gasteiger partial charge in [0, 0.05) is 17.9 Å². The molecule has 3 N–H and O–H groups in total. The lowest BCUT2D eigenvalue weighted by molar-refractivity contribution is -0.115. The summed E-state index contributed by atoms with van der Waals surface area (Å²) in [6.07, 6.45) is -0.578. The van der Waals surface area contributed by atoms with Crippen molar-refractivity contribution in [1.82, 2.24) is 5.32 Å². The molecule has 1 heterocycles. The maximum atomic E-state index is 13.8. The third kappa shape index (κ3) is 5.13. The molecule has 0 radical (unpaired) electrons. The molecule has 0 aromatic heterocycles. The second-order valence-electron chi connectivity index (χ2n) is 7.79. The molecule has 0 spiro atoms. The number of nitrogens with one attached hydrogen (secondary N) is 3. The minimum Gasteiger partial charge on any atom is -0.453 e. The van der Waals surface area contributed by atoms with Crippen LogP contribution in [0, 0.1) is 5.82 Å². The van der Waals surface area contributed by atoms with Crippen LogP contribution in [-0.4, -0.2) is 31.4 Å². The Balaban J connectivity index is 1.74. The lowest BCUT2D eigenvalue weighted by Gasteiger charge is -2.15. The van der Waals surface area contributed by atoms with Gasteiger partial charge in [-0.3, -0.25) is 15.1 Å². The molecule has 3 aromatic rings. The van der Waals surface area contributed by atoms with Crippen LogP contribution in [0.25, 0.3) is 0 Å². The largest absolute Gasteiger partial charge is 0.453 e. The highest BCUT2D eigenvalue weighted by Crippen LogP contribution is 2.37. The van der Waals surface area contributed by atoms with Crippen molar-refractivity contribution in [3.8, 4) is 0 Å². The van der Waals surface area contributed by atoms with E-state index in [1.807, 2.05) is 31.2 Å². The molecule has 8 heteroatoms. The number of rotatable bonds is 7. The fourth-order valence-corrected chi connectivity index (χ4v) is 3.79. The molecule has 7 nitrogen and oxygen atoms in total. The fourth-order valence-electron chi connectivity index (χ4n) is 3.79. The van der Waals surface area contributed by atoms with E-state index in [1.165, 1.54) is 19.2 Å². The number of hydrogen-bond donors (Lipinski definition) is 3. The predicted molar refractivity (Wildman–Crippen MR) is 130 cm³/mol. The zero-order chi connectivity index (χ0) is 24.1. The van der Waals surface area contributed by atoms with Crippen molar-refractivity contribution >= 4 is 34.8 Å². The Hall–Kier alpha value is -4.04. The number of hydrogen-bond acceptors (Lipinski definition) is 5. The second kappa shape index (κ2) is 10.3. The number of carbonyl (C=O) groups excluding carboxylic acids is 2. The van der Waals surface area contributed by atoms with E-state index in [9.17, 15) is 14.0 Å². The lowest BCUT2D eigenvalue weighted by atomic mass is 9.90. The Labute approximate surface area is 197 Å². The first kappa shape index (κ1) is 23.1. The number of fused-ring (bicyclic) bond motifs is 1. The van der Waals surface area contributed by atoms with Crippen molar-refractivity contribution in [1.29, 1.82) is 0 Å². The SMILES string of the molecule is CCNCc1ccc(N=C(c2ccc(NC(=O)OC)cc2)C2C(=O)Nc3cc(F)ccc32)cc1. The zero-order valence-corrected chi connectivity index (χ0v) is 18.9. The first-order valence-electron chi connectivity index (χ1n) is 10.9. The maximum Gasteiger partial charge on any atom is 0.411 e. The number of ether oxygens (including phenoxy) is 1. The quantitative estimate of drug-likeness (QED) is 0.434. The highest BCUT2D eigenvalue weighted by Gasteiger charge is 2.35. The van der Waals surface area contributed by atoms with Gasteiger partial charge in [0.15, 0.2) is 0 Å². The molecule has 1 aliphatic heterocycles. The molecule has 1 aliphatic rings. The van der Waals surface area contributed by atoms with Crippen LogP contribution in [0.4, 0.5) is 26.2 Å². The van der Waals surface area contributed by atoms with Crippen LogP contribution in [0.2, 0.25) is 0 Å². The van der Waals surface area contributed by atoms with Gasteiger partial charge in [-0.1, -0.05) is 37.3 Å². The molecule has 2 amide bonds. The molecule has 174 valence electrons. The number of benzene rings is 3. The molecule has 4 rings (SSSR count). The summed E-state index contributed by atoms with van der Waals surface area (Å²) in [5, 5.41) is 8.64. The summed E-state index contributed by atoms with van der Waals surface area (Å²) in [6, 6.07) is 19.0. The van der Waals surface area contributed by atoms with Gasteiger partial charge in [-0.15, -0.1) is 0 Å². The Kier molecular flexibility index (Phi) is 6.98. The van der Waals surface area contributed by atoms with Gasteiger partial charge in [-0.2, -0.15) is 0 Å². The third-order valence-electron chi connectivity index (χ3n) is 5.50. The van der Waals surface area contributed by atoms with E-state index in [0.29, 0.717) is 33.9 Å². The first-order chi connectivity index (χ1) is 16.5. The summed E-state index contributed by atoms with van der Waals surface area (Å²) in [5.74, 6) is -1.41. The van der Waals surface area contributed by atoms with Crippen LogP contribution >= 0.6 is 0 Å². The van der Waals surface area contributed by atoms with E-state index in [1.54, 1.807) is 30.3 Å². The molecule has 3 aromatic carbocycles. The van der Waals surface area contributed by atoms with Crippen LogP contribution < -0.4 is 16.0 Å². The standard InChI is InChI=1S/C26H25FN4O3/c1-3-28-15-16-4-9-19(10-5-16)29-24(17-6-11-20(12-7-17)30-26(33)34-2)23-21-13-8-18(27)14-22(21)31-25(23)32/h4-14,23,28H,3,15H2,1-2H3,(H,30,33)(H,31,32). The lowest BCUT2D eigenvalue weighted by Crippen LogP contribution is -2.22. The number of nitrogens with zero attached hydrogens (tertiary/aromatic N) is 1. The van der Waals surface area contributed by atoms with Crippen LogP contribution in [0.3, 0.4) is 0 Å². The van der Waals surface area contributed by atoms with E-state index < -0.39 is 17.8 Å². The van der Waals surface area contributed by atoms with Gasteiger partial charge in [0.2, 0.25) is 5.91 Å². The molecule has 0 saturated heterocycles. The number of anilines is 2. The molecule has 1 unspecified atom stereocenters. The van der Waals surface area contributed by atoms with Gasteiger partial charge in [0.1, 0.15) is 11.7 Å². The molecule has 34 heavy (non-hydrogen) atoms. The van der Waals surface area contributed by atoms with Crippen LogP contribution in [0.5, 0.6) is 0 Å². The maximum absolute atomic E-state index is 13.8. The average molecular weight is 461 g/mol. The number of aliphatic imine (C=N–C) groups is 1. The molecular formula is C26H25FN4O3. The average Bonchev–Trinajstić information content (AvgIpc) is 3.17. The van der Waals surface area contributed by atoms with Crippen molar-refractivity contribution in [2.45, 2.75) is 19.4 Å².